The highest BCUT2D eigenvalue weighted by molar-refractivity contribution is 5.85. The number of aromatic nitrogens is 1. The van der Waals surface area contributed by atoms with Gasteiger partial charge in [-0.05, 0) is 75.8 Å². The number of aryl methyl sites for hydroxylation is 1. The quantitative estimate of drug-likeness (QED) is 0.217. The van der Waals surface area contributed by atoms with E-state index in [4.69, 9.17) is 9.47 Å². The predicted octanol–water partition coefficient (Wildman–Crippen LogP) is 5.46. The van der Waals surface area contributed by atoms with Crippen LogP contribution in [-0.4, -0.2) is 58.5 Å². The summed E-state index contributed by atoms with van der Waals surface area (Å²) in [4.78, 5) is 56.4. The number of nitrogens with one attached hydrogen (secondary N) is 2. The second-order valence-electron chi connectivity index (χ2n) is 11.9. The van der Waals surface area contributed by atoms with Crippen molar-refractivity contribution >= 4 is 29.7 Å². The van der Waals surface area contributed by atoms with Crippen LogP contribution < -0.4 is 10.6 Å². The van der Waals surface area contributed by atoms with E-state index in [0.717, 1.165) is 16.7 Å². The molecule has 0 fully saturated rings. The van der Waals surface area contributed by atoms with Gasteiger partial charge in [-0.1, -0.05) is 60.7 Å². The fourth-order valence-electron chi connectivity index (χ4n) is 4.50. The van der Waals surface area contributed by atoms with Gasteiger partial charge in [0.15, 0.2) is 0 Å². The SMILES string of the molecule is CC(CC(=O)OCc1ccccc1)NC(=O)CN(CCc1ccccc1)C(=O)CCCc1ccnc(NC(=O)OC(C)(C)C)c1. The number of pyridine rings is 1. The van der Waals surface area contributed by atoms with Crippen molar-refractivity contribution in [2.45, 2.75) is 78.0 Å². The number of ether oxygens (including phenoxy) is 2. The third-order valence-electron chi connectivity index (χ3n) is 6.63. The minimum atomic E-state index is -0.627. The lowest BCUT2D eigenvalue weighted by Gasteiger charge is -2.23. The minimum absolute atomic E-state index is 0.0211. The molecule has 2 N–H and O–H groups in total. The standard InChI is InChI=1S/C35H44N4O6/c1-26(22-33(42)44-25-29-14-9-6-10-15-29)37-31(40)24-39(21-19-27-12-7-5-8-13-27)32(41)17-11-16-28-18-20-36-30(23-28)38-34(43)45-35(2,3)4/h5-10,12-15,18,20,23,26H,11,16-17,19,21-22,24-25H2,1-4H3,(H,37,40)(H,36,38,43). The van der Waals surface area contributed by atoms with Crippen LogP contribution >= 0.6 is 0 Å². The molecule has 0 radical (unpaired) electrons. The fraction of sp³-hybridized carbons (Fsp3) is 0.400. The first-order chi connectivity index (χ1) is 21.5. The lowest BCUT2D eigenvalue weighted by atomic mass is 10.1. The van der Waals surface area contributed by atoms with E-state index in [1.807, 2.05) is 66.7 Å². The Morgan fingerprint density at radius 2 is 1.56 bits per heavy atom. The highest BCUT2D eigenvalue weighted by Gasteiger charge is 2.20. The second kappa shape index (κ2) is 17.5. The maximum absolute atomic E-state index is 13.3. The van der Waals surface area contributed by atoms with Crippen molar-refractivity contribution in [3.63, 3.8) is 0 Å². The van der Waals surface area contributed by atoms with Crippen molar-refractivity contribution in [2.24, 2.45) is 0 Å². The van der Waals surface area contributed by atoms with Crippen LogP contribution in [0.15, 0.2) is 79.0 Å². The molecule has 10 nitrogen and oxygen atoms in total. The van der Waals surface area contributed by atoms with E-state index in [1.165, 1.54) is 0 Å². The molecule has 0 aliphatic rings. The summed E-state index contributed by atoms with van der Waals surface area (Å²) in [7, 11) is 0. The van der Waals surface area contributed by atoms with Gasteiger partial charge in [0.05, 0.1) is 13.0 Å². The van der Waals surface area contributed by atoms with Crippen molar-refractivity contribution in [1.29, 1.82) is 0 Å². The maximum atomic E-state index is 13.3. The topological polar surface area (TPSA) is 127 Å². The van der Waals surface area contributed by atoms with Crippen molar-refractivity contribution in [2.75, 3.05) is 18.4 Å². The van der Waals surface area contributed by atoms with Gasteiger partial charge in [-0.2, -0.15) is 0 Å². The second-order valence-corrected chi connectivity index (χ2v) is 11.9. The van der Waals surface area contributed by atoms with Gasteiger partial charge in [0.1, 0.15) is 18.0 Å². The Morgan fingerprint density at radius 3 is 2.22 bits per heavy atom. The number of nitrogens with zero attached hydrogens (tertiary/aromatic N) is 2. The number of anilines is 1. The van der Waals surface area contributed by atoms with Crippen molar-refractivity contribution in [1.82, 2.24) is 15.2 Å². The molecule has 3 aromatic rings. The summed E-state index contributed by atoms with van der Waals surface area (Å²) in [5, 5.41) is 5.46. The van der Waals surface area contributed by atoms with Crippen molar-refractivity contribution < 1.29 is 28.7 Å². The smallest absolute Gasteiger partial charge is 0.413 e. The molecule has 0 saturated carbocycles. The lowest BCUT2D eigenvalue weighted by Crippen LogP contribution is -2.44. The number of rotatable bonds is 15. The molecule has 1 atom stereocenters. The number of hydrogen-bond acceptors (Lipinski definition) is 7. The Kier molecular flexibility index (Phi) is 13.5. The summed E-state index contributed by atoms with van der Waals surface area (Å²) in [6.07, 6.45) is 2.99. The molecule has 10 heteroatoms. The molecule has 2 aromatic carbocycles. The van der Waals surface area contributed by atoms with Crippen LogP contribution in [0.25, 0.3) is 0 Å². The first kappa shape index (κ1) is 34.8. The first-order valence-corrected chi connectivity index (χ1v) is 15.2. The molecule has 3 rings (SSSR count). The van der Waals surface area contributed by atoms with Crippen LogP contribution in [0.4, 0.5) is 10.6 Å². The van der Waals surface area contributed by atoms with Crippen LogP contribution in [0.5, 0.6) is 0 Å². The van der Waals surface area contributed by atoms with Crippen molar-refractivity contribution in [3.05, 3.63) is 95.7 Å². The average Bonchev–Trinajstić information content (AvgIpc) is 2.98. The minimum Gasteiger partial charge on any atom is -0.461 e. The normalized spacial score (nSPS) is 11.6. The number of carbonyl (C=O) groups is 4. The predicted molar refractivity (Wildman–Crippen MR) is 172 cm³/mol. The molecular weight excluding hydrogens is 572 g/mol. The van der Waals surface area contributed by atoms with Crippen molar-refractivity contribution in [3.8, 4) is 0 Å². The van der Waals surface area contributed by atoms with Gasteiger partial charge < -0.3 is 19.7 Å². The zero-order valence-corrected chi connectivity index (χ0v) is 26.6. The van der Waals surface area contributed by atoms with Crippen LogP contribution in [0.2, 0.25) is 0 Å². The first-order valence-electron chi connectivity index (χ1n) is 15.2. The number of carbonyl (C=O) groups excluding carboxylic acids is 4. The molecule has 3 amide bonds. The van der Waals surface area contributed by atoms with Crippen LogP contribution in [0.3, 0.4) is 0 Å². The van der Waals surface area contributed by atoms with Crippen LogP contribution in [0, 0.1) is 0 Å². The zero-order chi connectivity index (χ0) is 32.7. The molecule has 45 heavy (non-hydrogen) atoms. The number of esters is 1. The summed E-state index contributed by atoms with van der Waals surface area (Å²) < 4.78 is 10.6. The number of hydrogen-bond donors (Lipinski definition) is 2. The van der Waals surface area contributed by atoms with Gasteiger partial charge in [-0.25, -0.2) is 9.78 Å². The van der Waals surface area contributed by atoms with E-state index in [9.17, 15) is 19.2 Å². The lowest BCUT2D eigenvalue weighted by molar-refractivity contribution is -0.145. The molecule has 0 saturated heterocycles. The monoisotopic (exact) mass is 616 g/mol. The van der Waals surface area contributed by atoms with Gasteiger partial charge in [-0.3, -0.25) is 19.7 Å². The Balaban J connectivity index is 1.51. The van der Waals surface area contributed by atoms with E-state index in [0.29, 0.717) is 31.6 Å². The highest BCUT2D eigenvalue weighted by atomic mass is 16.6. The van der Waals surface area contributed by atoms with Gasteiger partial charge in [0.25, 0.3) is 0 Å². The summed E-state index contributed by atoms with van der Waals surface area (Å²) in [6, 6.07) is 22.3. The summed E-state index contributed by atoms with van der Waals surface area (Å²) >= 11 is 0. The molecule has 0 bridgehead atoms. The van der Waals surface area contributed by atoms with Crippen LogP contribution in [0.1, 0.15) is 63.6 Å². The van der Waals surface area contributed by atoms with E-state index < -0.39 is 23.7 Å². The molecule has 0 aliphatic heterocycles. The molecule has 1 unspecified atom stereocenters. The number of amides is 3. The van der Waals surface area contributed by atoms with E-state index >= 15 is 0 Å². The Labute approximate surface area is 265 Å². The number of benzene rings is 2. The average molecular weight is 617 g/mol. The third kappa shape index (κ3) is 14.1. The molecule has 0 aliphatic carbocycles. The summed E-state index contributed by atoms with van der Waals surface area (Å²) in [5.41, 5.74) is 2.23. The molecule has 1 heterocycles. The van der Waals surface area contributed by atoms with E-state index in [1.54, 1.807) is 44.9 Å². The van der Waals surface area contributed by atoms with Gasteiger partial charge in [-0.15, -0.1) is 0 Å². The van der Waals surface area contributed by atoms with E-state index in [2.05, 4.69) is 15.6 Å². The van der Waals surface area contributed by atoms with Gasteiger partial charge in [0.2, 0.25) is 11.8 Å². The fourth-order valence-corrected chi connectivity index (χ4v) is 4.50. The molecule has 1 aromatic heterocycles. The Morgan fingerprint density at radius 1 is 0.889 bits per heavy atom. The zero-order valence-electron chi connectivity index (χ0n) is 26.6. The largest absolute Gasteiger partial charge is 0.461 e. The molecule has 0 spiro atoms. The molecule has 240 valence electrons. The maximum Gasteiger partial charge on any atom is 0.413 e. The van der Waals surface area contributed by atoms with Gasteiger partial charge >= 0.3 is 12.1 Å². The highest BCUT2D eigenvalue weighted by Crippen LogP contribution is 2.14. The van der Waals surface area contributed by atoms with Crippen LogP contribution in [-0.2, 0) is 43.3 Å². The third-order valence-corrected chi connectivity index (χ3v) is 6.63. The van der Waals surface area contributed by atoms with Gasteiger partial charge in [0, 0.05) is 25.2 Å². The Bertz CT molecular complexity index is 1390. The summed E-state index contributed by atoms with van der Waals surface area (Å²) in [5.74, 6) is -0.527. The Hall–Kier alpha value is -4.73. The van der Waals surface area contributed by atoms with E-state index in [-0.39, 0.29) is 37.8 Å². The summed E-state index contributed by atoms with van der Waals surface area (Å²) in [6.45, 7) is 7.51. The molecular formula is C35H44N4O6.